The molecule has 1 aromatic carbocycles. The Morgan fingerprint density at radius 2 is 1.87 bits per heavy atom. The molecular weight excluding hydrogens is 318 g/mol. The van der Waals surface area contributed by atoms with Crippen LogP contribution in [-0.4, -0.2) is 18.1 Å². The fourth-order valence-electron chi connectivity index (χ4n) is 1.79. The first kappa shape index (κ1) is 16.7. The van der Waals surface area contributed by atoms with E-state index in [0.717, 1.165) is 25.4 Å². The third-order valence-corrected chi connectivity index (χ3v) is 2.92. The first-order valence-corrected chi connectivity index (χ1v) is 6.32. The number of halogens is 4. The molecule has 0 atom stereocenters. The number of carbonyl (C=O) groups is 1. The number of hydrogen-bond donors (Lipinski definition) is 0. The zero-order valence-corrected chi connectivity index (χ0v) is 12.1. The van der Waals surface area contributed by atoms with E-state index in [1.54, 1.807) is 0 Å². The van der Waals surface area contributed by atoms with Gasteiger partial charge >= 0.3 is 12.1 Å². The molecule has 0 fully saturated rings. The molecule has 0 unspecified atom stereocenters. The second-order valence-corrected chi connectivity index (χ2v) is 4.57. The Labute approximate surface area is 128 Å². The molecular formula is C15H11F4NO3. The summed E-state index contributed by atoms with van der Waals surface area (Å²) in [5.74, 6) is -1.69. The van der Waals surface area contributed by atoms with Crippen LogP contribution in [0.3, 0.4) is 0 Å². The zero-order chi connectivity index (χ0) is 17.2. The fourth-order valence-corrected chi connectivity index (χ4v) is 1.79. The van der Waals surface area contributed by atoms with E-state index in [1.807, 2.05) is 0 Å². The Bertz CT molecular complexity index is 744. The van der Waals surface area contributed by atoms with Gasteiger partial charge in [-0.3, -0.25) is 4.98 Å². The van der Waals surface area contributed by atoms with E-state index in [0.29, 0.717) is 11.6 Å². The number of methoxy groups -OCH3 is 1. The van der Waals surface area contributed by atoms with Crippen LogP contribution in [0.4, 0.5) is 17.6 Å². The highest BCUT2D eigenvalue weighted by atomic mass is 19.4. The van der Waals surface area contributed by atoms with Crippen molar-refractivity contribution in [2.75, 3.05) is 7.11 Å². The van der Waals surface area contributed by atoms with E-state index in [2.05, 4.69) is 9.72 Å². The van der Waals surface area contributed by atoms with Crippen LogP contribution in [0, 0.1) is 12.7 Å². The predicted octanol–water partition coefficient (Wildman–Crippen LogP) is 4.13. The number of ether oxygens (including phenoxy) is 2. The molecule has 0 aliphatic carbocycles. The molecule has 0 bridgehead atoms. The van der Waals surface area contributed by atoms with Crippen molar-refractivity contribution in [3.8, 4) is 11.5 Å². The molecule has 0 saturated carbocycles. The first-order valence-electron chi connectivity index (χ1n) is 6.32. The quantitative estimate of drug-likeness (QED) is 0.628. The highest BCUT2D eigenvalue weighted by Crippen LogP contribution is 2.34. The molecule has 0 saturated heterocycles. The first-order chi connectivity index (χ1) is 10.7. The van der Waals surface area contributed by atoms with Gasteiger partial charge in [0.05, 0.1) is 7.11 Å². The summed E-state index contributed by atoms with van der Waals surface area (Å²) in [6.07, 6.45) is -3.98. The largest absolute Gasteiger partial charge is 0.465 e. The molecule has 1 heterocycles. The number of alkyl halides is 3. The number of nitrogens with zero attached hydrogens (tertiary/aromatic N) is 1. The van der Waals surface area contributed by atoms with Crippen molar-refractivity contribution in [1.29, 1.82) is 0 Å². The van der Waals surface area contributed by atoms with E-state index < -0.39 is 23.7 Å². The molecule has 0 radical (unpaired) electrons. The Kier molecular flexibility index (Phi) is 4.53. The van der Waals surface area contributed by atoms with Gasteiger partial charge in [0.1, 0.15) is 28.6 Å². The summed E-state index contributed by atoms with van der Waals surface area (Å²) in [5, 5.41) is 0. The van der Waals surface area contributed by atoms with Gasteiger partial charge in [0.2, 0.25) is 0 Å². The lowest BCUT2D eigenvalue weighted by Crippen LogP contribution is -2.11. The van der Waals surface area contributed by atoms with Gasteiger partial charge in [-0.15, -0.1) is 0 Å². The SMILES string of the molecule is COC(=O)c1cnc(C(F)(F)F)cc1Oc1ccc(F)cc1C. The fraction of sp³-hybridized carbons (Fsp3) is 0.200. The van der Waals surface area contributed by atoms with Crippen molar-refractivity contribution in [1.82, 2.24) is 4.98 Å². The molecule has 0 aliphatic rings. The lowest BCUT2D eigenvalue weighted by atomic mass is 10.2. The Morgan fingerprint density at radius 1 is 1.17 bits per heavy atom. The van der Waals surface area contributed by atoms with E-state index in [4.69, 9.17) is 4.74 Å². The van der Waals surface area contributed by atoms with Crippen molar-refractivity contribution < 1.29 is 31.8 Å². The number of esters is 1. The van der Waals surface area contributed by atoms with Crippen molar-refractivity contribution in [2.45, 2.75) is 13.1 Å². The second-order valence-electron chi connectivity index (χ2n) is 4.57. The second kappa shape index (κ2) is 6.23. The summed E-state index contributed by atoms with van der Waals surface area (Å²) in [7, 11) is 1.08. The minimum Gasteiger partial charge on any atom is -0.465 e. The maximum atomic E-state index is 13.1. The topological polar surface area (TPSA) is 48.4 Å². The summed E-state index contributed by atoms with van der Waals surface area (Å²) in [6.45, 7) is 1.52. The van der Waals surface area contributed by atoms with Gasteiger partial charge in [-0.05, 0) is 30.7 Å². The Hall–Kier alpha value is -2.64. The number of carbonyl (C=O) groups excluding carboxylic acids is 1. The number of benzene rings is 1. The maximum Gasteiger partial charge on any atom is 0.433 e. The van der Waals surface area contributed by atoms with E-state index in [1.165, 1.54) is 13.0 Å². The Balaban J connectivity index is 2.50. The van der Waals surface area contributed by atoms with Crippen LogP contribution in [-0.2, 0) is 10.9 Å². The van der Waals surface area contributed by atoms with Crippen molar-refractivity contribution >= 4 is 5.97 Å². The van der Waals surface area contributed by atoms with Crippen molar-refractivity contribution in [3.63, 3.8) is 0 Å². The van der Waals surface area contributed by atoms with Crippen LogP contribution in [0.25, 0.3) is 0 Å². The summed E-state index contributed by atoms with van der Waals surface area (Å²) in [5.41, 5.74) is -1.14. The summed E-state index contributed by atoms with van der Waals surface area (Å²) < 4.78 is 61.2. The summed E-state index contributed by atoms with van der Waals surface area (Å²) in [4.78, 5) is 14.8. The van der Waals surface area contributed by atoms with Crippen molar-refractivity contribution in [3.05, 3.63) is 53.1 Å². The summed E-state index contributed by atoms with van der Waals surface area (Å²) >= 11 is 0. The molecule has 0 spiro atoms. The van der Waals surface area contributed by atoms with Crippen LogP contribution >= 0.6 is 0 Å². The third-order valence-electron chi connectivity index (χ3n) is 2.92. The minimum absolute atomic E-state index is 0.107. The molecule has 8 heteroatoms. The smallest absolute Gasteiger partial charge is 0.433 e. The number of aryl methyl sites for hydroxylation is 1. The molecule has 1 aromatic heterocycles. The van der Waals surface area contributed by atoms with Crippen molar-refractivity contribution in [2.24, 2.45) is 0 Å². The number of aromatic nitrogens is 1. The average molecular weight is 329 g/mol. The van der Waals surface area contributed by atoms with Crippen LogP contribution < -0.4 is 4.74 Å². The van der Waals surface area contributed by atoms with Gasteiger partial charge in [0.25, 0.3) is 0 Å². The molecule has 23 heavy (non-hydrogen) atoms. The lowest BCUT2D eigenvalue weighted by Gasteiger charge is -2.14. The molecule has 0 N–H and O–H groups in total. The van der Waals surface area contributed by atoms with Crippen LogP contribution in [0.1, 0.15) is 21.6 Å². The molecule has 0 amide bonds. The lowest BCUT2D eigenvalue weighted by molar-refractivity contribution is -0.141. The minimum atomic E-state index is -4.70. The summed E-state index contributed by atoms with van der Waals surface area (Å²) in [6, 6.07) is 4.08. The maximum absolute atomic E-state index is 13.1. The van der Waals surface area contributed by atoms with Gasteiger partial charge in [-0.1, -0.05) is 0 Å². The van der Waals surface area contributed by atoms with Crippen LogP contribution in [0.15, 0.2) is 30.5 Å². The number of rotatable bonds is 3. The van der Waals surface area contributed by atoms with Crippen LogP contribution in [0.2, 0.25) is 0 Å². The standard InChI is InChI=1S/C15H11F4NO3/c1-8-5-9(16)3-4-11(8)23-12-6-13(15(17,18)19)20-7-10(12)14(21)22-2/h3-7H,1-2H3. The van der Waals surface area contributed by atoms with Crippen LogP contribution in [0.5, 0.6) is 11.5 Å². The third kappa shape index (κ3) is 3.77. The van der Waals surface area contributed by atoms with Gasteiger partial charge in [-0.25, -0.2) is 9.18 Å². The number of pyridine rings is 1. The monoisotopic (exact) mass is 329 g/mol. The van der Waals surface area contributed by atoms with Gasteiger partial charge < -0.3 is 9.47 Å². The molecule has 4 nitrogen and oxygen atoms in total. The highest BCUT2D eigenvalue weighted by molar-refractivity contribution is 5.92. The highest BCUT2D eigenvalue weighted by Gasteiger charge is 2.34. The van der Waals surface area contributed by atoms with E-state index in [9.17, 15) is 22.4 Å². The normalized spacial score (nSPS) is 11.2. The number of hydrogen-bond acceptors (Lipinski definition) is 4. The molecule has 122 valence electrons. The Morgan fingerprint density at radius 3 is 2.43 bits per heavy atom. The predicted molar refractivity (Wildman–Crippen MR) is 71.8 cm³/mol. The molecule has 2 rings (SSSR count). The van der Waals surface area contributed by atoms with E-state index in [-0.39, 0.29) is 17.1 Å². The van der Waals surface area contributed by atoms with Gasteiger partial charge in [0.15, 0.2) is 0 Å². The molecule has 0 aliphatic heterocycles. The van der Waals surface area contributed by atoms with Gasteiger partial charge in [-0.2, -0.15) is 13.2 Å². The van der Waals surface area contributed by atoms with Gasteiger partial charge in [0, 0.05) is 12.3 Å². The molecule has 2 aromatic rings. The average Bonchev–Trinajstić information content (AvgIpc) is 2.48. The van der Waals surface area contributed by atoms with E-state index >= 15 is 0 Å². The zero-order valence-electron chi connectivity index (χ0n) is 12.1.